The number of nitrogens with zero attached hydrogens (tertiary/aromatic N) is 2. The van der Waals surface area contributed by atoms with E-state index in [0.29, 0.717) is 20.8 Å². The second-order valence-electron chi connectivity index (χ2n) is 5.95. The molecule has 0 radical (unpaired) electrons. The number of sulfonamides is 1. The summed E-state index contributed by atoms with van der Waals surface area (Å²) in [6.07, 6.45) is 0. The summed E-state index contributed by atoms with van der Waals surface area (Å²) in [6.45, 7) is 0. The fourth-order valence-electron chi connectivity index (χ4n) is 2.30. The quantitative estimate of drug-likeness (QED) is 0.629. The first kappa shape index (κ1) is 20.1. The lowest BCUT2D eigenvalue weighted by molar-refractivity contribution is 0.256. The Morgan fingerprint density at radius 2 is 1.71 bits per heavy atom. The number of anilines is 2. The van der Waals surface area contributed by atoms with Crippen molar-refractivity contribution in [2.75, 3.05) is 24.3 Å². The van der Waals surface area contributed by atoms with E-state index < -0.39 is 16.1 Å². The summed E-state index contributed by atoms with van der Waals surface area (Å²) in [5, 5.41) is 4.11. The topological polar surface area (TPSA) is 91.4 Å². The van der Waals surface area contributed by atoms with Gasteiger partial charge in [-0.05, 0) is 24.3 Å². The molecule has 0 fully saturated rings. The van der Waals surface area contributed by atoms with Gasteiger partial charge < -0.3 is 4.90 Å². The van der Waals surface area contributed by atoms with Crippen molar-refractivity contribution in [1.82, 2.24) is 9.71 Å². The van der Waals surface area contributed by atoms with E-state index in [9.17, 15) is 13.2 Å². The molecule has 0 atom stereocenters. The molecule has 28 heavy (non-hydrogen) atoms. The first-order valence-corrected chi connectivity index (χ1v) is 10.8. The van der Waals surface area contributed by atoms with E-state index in [1.54, 1.807) is 0 Å². The number of urea groups is 1. The molecule has 1 aromatic heterocycles. The Labute approximate surface area is 172 Å². The molecular weight excluding hydrogens is 420 g/mol. The largest absolute Gasteiger partial charge is 0.354 e. The molecule has 0 aliphatic carbocycles. The zero-order valence-corrected chi connectivity index (χ0v) is 17.4. The van der Waals surface area contributed by atoms with Crippen LogP contribution in [0.2, 0.25) is 5.02 Å². The zero-order chi connectivity index (χ0) is 20.3. The van der Waals surface area contributed by atoms with Crippen LogP contribution in [0.5, 0.6) is 0 Å². The SMILES string of the molecule is CN(C)c1nc(-c2ccccc2)c(NC(=O)NS(=O)(=O)c2ccc(Cl)cc2)s1. The fraction of sp³-hybridized carbons (Fsp3) is 0.111. The highest BCUT2D eigenvalue weighted by Crippen LogP contribution is 2.36. The molecule has 0 saturated carbocycles. The predicted molar refractivity (Wildman–Crippen MR) is 113 cm³/mol. The zero-order valence-electron chi connectivity index (χ0n) is 15.0. The number of thiazole rings is 1. The van der Waals surface area contributed by atoms with Gasteiger partial charge in [0.15, 0.2) is 5.13 Å². The van der Waals surface area contributed by atoms with Gasteiger partial charge in [-0.15, -0.1) is 0 Å². The highest BCUT2D eigenvalue weighted by atomic mass is 35.5. The molecule has 146 valence electrons. The van der Waals surface area contributed by atoms with E-state index >= 15 is 0 Å². The summed E-state index contributed by atoms with van der Waals surface area (Å²) in [5.41, 5.74) is 1.37. The molecular formula is C18H17ClN4O3S2. The van der Waals surface area contributed by atoms with Crippen LogP contribution in [-0.2, 0) is 10.0 Å². The molecule has 0 bridgehead atoms. The minimum Gasteiger partial charge on any atom is -0.354 e. The molecule has 2 amide bonds. The molecule has 0 aliphatic heterocycles. The number of halogens is 1. The molecule has 0 unspecified atom stereocenters. The lowest BCUT2D eigenvalue weighted by atomic mass is 10.2. The number of amides is 2. The summed E-state index contributed by atoms with van der Waals surface area (Å²) in [7, 11) is -0.359. The van der Waals surface area contributed by atoms with Crippen molar-refractivity contribution in [3.63, 3.8) is 0 Å². The average molecular weight is 437 g/mol. The van der Waals surface area contributed by atoms with Crippen molar-refractivity contribution in [3.05, 3.63) is 59.6 Å². The Morgan fingerprint density at radius 3 is 2.32 bits per heavy atom. The number of hydrogen-bond donors (Lipinski definition) is 2. The number of aromatic nitrogens is 1. The smallest absolute Gasteiger partial charge is 0.333 e. The maximum Gasteiger partial charge on any atom is 0.333 e. The molecule has 0 spiro atoms. The summed E-state index contributed by atoms with van der Waals surface area (Å²) in [6, 6.07) is 14.0. The first-order chi connectivity index (χ1) is 13.3. The second-order valence-corrected chi connectivity index (χ2v) is 9.04. The van der Waals surface area contributed by atoms with Crippen LogP contribution in [0.15, 0.2) is 59.5 Å². The summed E-state index contributed by atoms with van der Waals surface area (Å²) in [5.74, 6) is 0. The average Bonchev–Trinajstić information content (AvgIpc) is 3.06. The molecule has 2 N–H and O–H groups in total. The number of carbonyl (C=O) groups is 1. The van der Waals surface area contributed by atoms with Crippen LogP contribution < -0.4 is 14.9 Å². The van der Waals surface area contributed by atoms with Crippen molar-refractivity contribution in [2.45, 2.75) is 4.90 Å². The van der Waals surface area contributed by atoms with Crippen molar-refractivity contribution in [1.29, 1.82) is 0 Å². The minimum atomic E-state index is -4.03. The number of hydrogen-bond acceptors (Lipinski definition) is 6. The van der Waals surface area contributed by atoms with E-state index in [2.05, 4.69) is 10.3 Å². The van der Waals surface area contributed by atoms with E-state index in [4.69, 9.17) is 11.6 Å². The highest BCUT2D eigenvalue weighted by molar-refractivity contribution is 7.90. The fourth-order valence-corrected chi connectivity index (χ4v) is 4.24. The van der Waals surface area contributed by atoms with E-state index in [-0.39, 0.29) is 4.90 Å². The van der Waals surface area contributed by atoms with E-state index in [1.807, 2.05) is 54.0 Å². The van der Waals surface area contributed by atoms with Gasteiger partial charge in [0.05, 0.1) is 4.90 Å². The van der Waals surface area contributed by atoms with Gasteiger partial charge in [-0.1, -0.05) is 53.3 Å². The van der Waals surface area contributed by atoms with Gasteiger partial charge in [0, 0.05) is 24.7 Å². The molecule has 3 rings (SSSR count). The Bertz CT molecular complexity index is 1080. The van der Waals surface area contributed by atoms with Crippen LogP contribution in [-0.4, -0.2) is 33.5 Å². The van der Waals surface area contributed by atoms with Crippen LogP contribution in [0.1, 0.15) is 0 Å². The summed E-state index contributed by atoms with van der Waals surface area (Å²) < 4.78 is 26.8. The Morgan fingerprint density at radius 1 is 1.07 bits per heavy atom. The lowest BCUT2D eigenvalue weighted by Crippen LogP contribution is -2.34. The van der Waals surface area contributed by atoms with Crippen molar-refractivity contribution >= 4 is 49.1 Å². The van der Waals surface area contributed by atoms with Crippen molar-refractivity contribution in [3.8, 4) is 11.3 Å². The van der Waals surface area contributed by atoms with Crippen LogP contribution in [0.4, 0.5) is 14.9 Å². The van der Waals surface area contributed by atoms with E-state index in [0.717, 1.165) is 5.56 Å². The Kier molecular flexibility index (Phi) is 5.87. The van der Waals surface area contributed by atoms with Gasteiger partial charge in [-0.25, -0.2) is 22.9 Å². The highest BCUT2D eigenvalue weighted by Gasteiger charge is 2.21. The van der Waals surface area contributed by atoms with Crippen LogP contribution >= 0.6 is 22.9 Å². The van der Waals surface area contributed by atoms with Gasteiger partial charge in [-0.3, -0.25) is 5.32 Å². The third-order valence-corrected chi connectivity index (χ3v) is 6.36. The maximum absolute atomic E-state index is 12.4. The van der Waals surface area contributed by atoms with Crippen LogP contribution in [0, 0.1) is 0 Å². The Hall–Kier alpha value is -2.62. The monoisotopic (exact) mass is 436 g/mol. The first-order valence-electron chi connectivity index (χ1n) is 8.09. The van der Waals surface area contributed by atoms with Gasteiger partial charge >= 0.3 is 6.03 Å². The molecule has 10 heteroatoms. The Balaban J connectivity index is 1.85. The predicted octanol–water partition coefficient (Wildman–Crippen LogP) is 4.04. The minimum absolute atomic E-state index is 0.0615. The van der Waals surface area contributed by atoms with Gasteiger partial charge in [0.25, 0.3) is 10.0 Å². The molecule has 1 heterocycles. The second kappa shape index (κ2) is 8.17. The molecule has 3 aromatic rings. The van der Waals surface area contributed by atoms with Crippen molar-refractivity contribution < 1.29 is 13.2 Å². The van der Waals surface area contributed by atoms with Gasteiger partial charge in [0.2, 0.25) is 0 Å². The summed E-state index contributed by atoms with van der Waals surface area (Å²) >= 11 is 7.02. The van der Waals surface area contributed by atoms with E-state index in [1.165, 1.54) is 35.6 Å². The molecule has 7 nitrogen and oxygen atoms in total. The third kappa shape index (κ3) is 4.61. The lowest BCUT2D eigenvalue weighted by Gasteiger charge is -2.08. The number of nitrogens with one attached hydrogen (secondary N) is 2. The number of benzene rings is 2. The number of carbonyl (C=O) groups excluding carboxylic acids is 1. The van der Waals surface area contributed by atoms with Crippen molar-refractivity contribution in [2.24, 2.45) is 0 Å². The number of rotatable bonds is 5. The van der Waals surface area contributed by atoms with Gasteiger partial charge in [-0.2, -0.15) is 0 Å². The summed E-state index contributed by atoms with van der Waals surface area (Å²) in [4.78, 5) is 18.7. The molecule has 2 aromatic carbocycles. The molecule has 0 saturated heterocycles. The third-order valence-electron chi connectivity index (χ3n) is 3.62. The molecule has 0 aliphatic rings. The maximum atomic E-state index is 12.4. The normalized spacial score (nSPS) is 11.1. The van der Waals surface area contributed by atoms with Crippen LogP contribution in [0.3, 0.4) is 0 Å². The van der Waals surface area contributed by atoms with Gasteiger partial charge in [0.1, 0.15) is 10.7 Å². The van der Waals surface area contributed by atoms with Crippen LogP contribution in [0.25, 0.3) is 11.3 Å². The standard InChI is InChI=1S/C18H17ClN4O3S2/c1-23(2)18-20-15(12-6-4-3-5-7-12)16(27-18)21-17(24)22-28(25,26)14-10-8-13(19)9-11-14/h3-11H,1-2H3,(H2,21,22,24).